The standard InChI is InChI=1S/C10H15N5O4.Sn/c11-8-5-9(13-2-12-8)15(3-14-5)10-7(18)6(17)4(1-16)19-10;/h2-10,16H,1,11H2,(H,12,13);/q-2;+2/t4-,5-,6+,7-,8-,9+,10-;/m1./s1. The summed E-state index contributed by atoms with van der Waals surface area (Å²) < 4.78 is 17.3. The first kappa shape index (κ1) is 13.2. The van der Waals surface area contributed by atoms with Crippen molar-refractivity contribution in [3.63, 3.8) is 0 Å². The van der Waals surface area contributed by atoms with Crippen molar-refractivity contribution in [2.24, 2.45) is 15.7 Å². The Morgan fingerprint density at radius 1 is 1.35 bits per heavy atom. The van der Waals surface area contributed by atoms with Gasteiger partial charge >= 0.3 is 126 Å². The molecule has 9 nitrogen and oxygen atoms in total. The molecule has 0 spiro atoms. The number of hydrogen-bond donors (Lipinski definition) is 3. The van der Waals surface area contributed by atoms with Crippen molar-refractivity contribution >= 4 is 34.6 Å². The van der Waals surface area contributed by atoms with Gasteiger partial charge in [0, 0.05) is 0 Å². The van der Waals surface area contributed by atoms with Gasteiger partial charge in [0.2, 0.25) is 0 Å². The zero-order valence-electron chi connectivity index (χ0n) is 10.5. The molecule has 2 fully saturated rings. The Labute approximate surface area is 126 Å². The van der Waals surface area contributed by atoms with Crippen molar-refractivity contribution < 1.29 is 16.0 Å². The average Bonchev–Trinajstić information content (AvgIpc) is 3.12. The second-order valence-electron chi connectivity index (χ2n) is 5.08. The van der Waals surface area contributed by atoms with Crippen molar-refractivity contribution in [1.29, 1.82) is 0 Å². The number of aliphatic hydroxyl groups is 1. The summed E-state index contributed by atoms with van der Waals surface area (Å²) in [6, 6.07) is -0.141. The number of ether oxygens (including phenoxy) is 1. The SMILES string of the molecule is N[C@@H]1NC=N[C@@H]2[C@@H]1N=CN2[C@@H]1O[C@H](CO)[C@@H]2[O][Sn][O][C@H]21. The molecule has 4 rings (SSSR count). The summed E-state index contributed by atoms with van der Waals surface area (Å²) in [7, 11) is 0. The third kappa shape index (κ3) is 1.88. The molecular formula is C10H15N5O4Sn. The third-order valence-electron chi connectivity index (χ3n) is 3.97. The fraction of sp³-hybridized carbons (Fsp3) is 0.800. The van der Waals surface area contributed by atoms with Crippen LogP contribution < -0.4 is 11.1 Å². The first-order valence-electron chi connectivity index (χ1n) is 6.46. The van der Waals surface area contributed by atoms with Crippen molar-refractivity contribution in [1.82, 2.24) is 10.2 Å². The fourth-order valence-electron chi connectivity index (χ4n) is 2.94. The van der Waals surface area contributed by atoms with Gasteiger partial charge in [-0.15, -0.1) is 0 Å². The quantitative estimate of drug-likeness (QED) is 0.432. The van der Waals surface area contributed by atoms with Crippen molar-refractivity contribution in [2.45, 2.75) is 42.9 Å². The third-order valence-corrected chi connectivity index (χ3v) is 6.08. The molecule has 108 valence electrons. The second kappa shape index (κ2) is 5.07. The Bertz CT molecular complexity index is 451. The van der Waals surface area contributed by atoms with Crippen LogP contribution in [-0.2, 0) is 10.9 Å². The van der Waals surface area contributed by atoms with Crippen molar-refractivity contribution in [3.05, 3.63) is 0 Å². The van der Waals surface area contributed by atoms with E-state index in [-0.39, 0.29) is 49.5 Å². The summed E-state index contributed by atoms with van der Waals surface area (Å²) in [5, 5.41) is 12.3. The normalized spacial score (nSPS) is 49.3. The van der Waals surface area contributed by atoms with Crippen LogP contribution in [0.3, 0.4) is 0 Å². The molecule has 0 saturated carbocycles. The van der Waals surface area contributed by atoms with E-state index in [9.17, 15) is 5.11 Å². The Balaban J connectivity index is 1.58. The second-order valence-corrected chi connectivity index (χ2v) is 6.90. The van der Waals surface area contributed by atoms with E-state index >= 15 is 0 Å². The Morgan fingerprint density at radius 2 is 2.20 bits per heavy atom. The molecule has 4 aliphatic heterocycles. The van der Waals surface area contributed by atoms with Gasteiger partial charge in [-0.3, -0.25) is 0 Å². The molecule has 2 saturated heterocycles. The molecule has 0 aromatic heterocycles. The molecule has 0 aromatic rings. The van der Waals surface area contributed by atoms with E-state index in [4.69, 9.17) is 16.6 Å². The molecule has 4 aliphatic rings. The van der Waals surface area contributed by atoms with Gasteiger partial charge in [0.15, 0.2) is 0 Å². The number of rotatable bonds is 2. The summed E-state index contributed by atoms with van der Waals surface area (Å²) in [6.07, 6.45) is 1.83. The van der Waals surface area contributed by atoms with Crippen LogP contribution in [0.5, 0.6) is 0 Å². The molecule has 10 heteroatoms. The van der Waals surface area contributed by atoms with Gasteiger partial charge in [0.25, 0.3) is 0 Å². The van der Waals surface area contributed by atoms with Crippen LogP contribution in [0.2, 0.25) is 0 Å². The number of fused-ring (bicyclic) bond motifs is 2. The summed E-state index contributed by atoms with van der Waals surface area (Å²) >= 11 is -1.26. The number of nitrogens with two attached hydrogens (primary N) is 1. The first-order valence-corrected chi connectivity index (χ1v) is 8.79. The maximum atomic E-state index is 9.39. The molecule has 4 heterocycles. The van der Waals surface area contributed by atoms with Crippen LogP contribution in [0.15, 0.2) is 9.98 Å². The topological polar surface area (TPSA) is 114 Å². The molecule has 20 heavy (non-hydrogen) atoms. The van der Waals surface area contributed by atoms with E-state index in [1.54, 1.807) is 12.7 Å². The zero-order valence-corrected chi connectivity index (χ0v) is 13.3. The Hall–Kier alpha value is -0.461. The number of nitrogens with one attached hydrogen (secondary N) is 1. The van der Waals surface area contributed by atoms with Crippen LogP contribution >= 0.6 is 0 Å². The van der Waals surface area contributed by atoms with Crippen LogP contribution in [0, 0.1) is 0 Å². The molecule has 0 amide bonds. The molecule has 2 radical (unpaired) electrons. The van der Waals surface area contributed by atoms with Gasteiger partial charge in [-0.2, -0.15) is 0 Å². The molecule has 7 atom stereocenters. The minimum atomic E-state index is -1.26. The summed E-state index contributed by atoms with van der Waals surface area (Å²) in [4.78, 5) is 10.7. The first-order chi connectivity index (χ1) is 9.79. The van der Waals surface area contributed by atoms with E-state index in [1.165, 1.54) is 0 Å². The van der Waals surface area contributed by atoms with Gasteiger partial charge in [0.1, 0.15) is 0 Å². The fourth-order valence-corrected chi connectivity index (χ4v) is 5.26. The molecule has 0 bridgehead atoms. The van der Waals surface area contributed by atoms with E-state index in [0.29, 0.717) is 0 Å². The molecular weight excluding hydrogens is 373 g/mol. The van der Waals surface area contributed by atoms with Crippen LogP contribution in [-0.4, -0.2) is 94.2 Å². The van der Waals surface area contributed by atoms with Gasteiger partial charge in [-0.05, 0) is 0 Å². The predicted molar refractivity (Wildman–Crippen MR) is 68.8 cm³/mol. The van der Waals surface area contributed by atoms with E-state index in [2.05, 4.69) is 15.3 Å². The molecule has 4 N–H and O–H groups in total. The van der Waals surface area contributed by atoms with Crippen molar-refractivity contribution in [3.8, 4) is 0 Å². The zero-order chi connectivity index (χ0) is 13.7. The van der Waals surface area contributed by atoms with Crippen LogP contribution in [0.25, 0.3) is 0 Å². The van der Waals surface area contributed by atoms with Gasteiger partial charge < -0.3 is 0 Å². The molecule has 0 aromatic carbocycles. The summed E-state index contributed by atoms with van der Waals surface area (Å²) in [5.74, 6) is 0. The number of aliphatic imine (C=N–C) groups is 2. The summed E-state index contributed by atoms with van der Waals surface area (Å²) in [5.41, 5.74) is 5.97. The van der Waals surface area contributed by atoms with Gasteiger partial charge in [-0.1, -0.05) is 0 Å². The average molecular weight is 388 g/mol. The van der Waals surface area contributed by atoms with E-state index in [1.807, 2.05) is 4.90 Å². The number of nitrogens with zero attached hydrogens (tertiary/aromatic N) is 3. The predicted octanol–water partition coefficient (Wildman–Crippen LogP) is -3.02. The van der Waals surface area contributed by atoms with Crippen LogP contribution in [0.4, 0.5) is 0 Å². The monoisotopic (exact) mass is 389 g/mol. The molecule has 0 aliphatic carbocycles. The Kier molecular flexibility index (Phi) is 3.35. The molecule has 0 unspecified atom stereocenters. The van der Waals surface area contributed by atoms with Crippen molar-refractivity contribution in [2.75, 3.05) is 6.61 Å². The van der Waals surface area contributed by atoms with Crippen LogP contribution in [0.1, 0.15) is 0 Å². The Morgan fingerprint density at radius 3 is 3.05 bits per heavy atom. The van der Waals surface area contributed by atoms with E-state index < -0.39 is 22.0 Å². The summed E-state index contributed by atoms with van der Waals surface area (Å²) in [6.45, 7) is -0.0795. The van der Waals surface area contributed by atoms with E-state index in [0.717, 1.165) is 0 Å². The minimum absolute atomic E-state index is 0.0795. The number of hydrogen-bond acceptors (Lipinski definition) is 9. The number of aliphatic hydroxyl groups excluding tert-OH is 1. The maximum absolute atomic E-state index is 9.39. The van der Waals surface area contributed by atoms with Gasteiger partial charge in [-0.25, -0.2) is 0 Å². The van der Waals surface area contributed by atoms with Gasteiger partial charge in [0.05, 0.1) is 0 Å².